The van der Waals surface area contributed by atoms with Crippen molar-refractivity contribution < 1.29 is 14.3 Å². The average molecular weight is 308 g/mol. The number of piperidine rings is 1. The Kier molecular flexibility index (Phi) is 5.91. The molecule has 1 amide bonds. The standard InChI is InChI=1S/C17H25FN2O2/c1-12(2)19-17(22)14-7-9-20(10-8-14)11-16(21)13-3-5-15(18)6-4-13/h3-6,12,14,16,21H,7-11H2,1-2H3,(H,19,22). The predicted molar refractivity (Wildman–Crippen MR) is 83.8 cm³/mol. The van der Waals surface area contributed by atoms with E-state index in [9.17, 15) is 14.3 Å². The number of nitrogens with zero attached hydrogens (tertiary/aromatic N) is 1. The van der Waals surface area contributed by atoms with Gasteiger partial charge in [0, 0.05) is 18.5 Å². The minimum atomic E-state index is -0.623. The van der Waals surface area contributed by atoms with Crippen molar-refractivity contribution in [3.63, 3.8) is 0 Å². The first-order chi connectivity index (χ1) is 10.5. The van der Waals surface area contributed by atoms with Gasteiger partial charge in [0.2, 0.25) is 5.91 Å². The first-order valence-corrected chi connectivity index (χ1v) is 7.92. The maximum atomic E-state index is 12.9. The number of hydrogen-bond acceptors (Lipinski definition) is 3. The highest BCUT2D eigenvalue weighted by molar-refractivity contribution is 5.78. The topological polar surface area (TPSA) is 52.6 Å². The van der Waals surface area contributed by atoms with Crippen molar-refractivity contribution in [1.29, 1.82) is 0 Å². The Morgan fingerprint density at radius 3 is 2.45 bits per heavy atom. The molecule has 0 saturated carbocycles. The monoisotopic (exact) mass is 308 g/mol. The predicted octanol–water partition coefficient (Wildman–Crippen LogP) is 2.10. The zero-order chi connectivity index (χ0) is 16.1. The molecular weight excluding hydrogens is 283 g/mol. The van der Waals surface area contributed by atoms with Gasteiger partial charge in [-0.2, -0.15) is 0 Å². The minimum Gasteiger partial charge on any atom is -0.387 e. The summed E-state index contributed by atoms with van der Waals surface area (Å²) in [7, 11) is 0. The smallest absolute Gasteiger partial charge is 0.223 e. The molecule has 1 atom stereocenters. The van der Waals surface area contributed by atoms with Crippen LogP contribution in [0.1, 0.15) is 38.4 Å². The summed E-state index contributed by atoms with van der Waals surface area (Å²) in [6.07, 6.45) is 1.00. The molecule has 0 aromatic heterocycles. The van der Waals surface area contributed by atoms with Gasteiger partial charge in [-0.15, -0.1) is 0 Å². The van der Waals surface area contributed by atoms with Crippen molar-refractivity contribution in [3.05, 3.63) is 35.6 Å². The van der Waals surface area contributed by atoms with E-state index < -0.39 is 6.10 Å². The van der Waals surface area contributed by atoms with Gasteiger partial charge in [-0.3, -0.25) is 4.79 Å². The number of β-amino-alcohol motifs (C(OH)–C–C–N with tert-alkyl or cyclic N) is 1. The molecule has 0 aliphatic carbocycles. The third-order valence-corrected chi connectivity index (χ3v) is 4.08. The van der Waals surface area contributed by atoms with Crippen molar-refractivity contribution in [2.75, 3.05) is 19.6 Å². The van der Waals surface area contributed by atoms with Gasteiger partial charge in [0.25, 0.3) is 0 Å². The van der Waals surface area contributed by atoms with Crippen LogP contribution < -0.4 is 5.32 Å². The van der Waals surface area contributed by atoms with Crippen LogP contribution in [0.5, 0.6) is 0 Å². The summed E-state index contributed by atoms with van der Waals surface area (Å²) in [5.41, 5.74) is 0.723. The second-order valence-electron chi connectivity index (χ2n) is 6.31. The lowest BCUT2D eigenvalue weighted by Crippen LogP contribution is -2.43. The maximum Gasteiger partial charge on any atom is 0.223 e. The molecule has 1 fully saturated rings. The number of hydrogen-bond donors (Lipinski definition) is 2. The first kappa shape index (κ1) is 16.9. The molecule has 2 N–H and O–H groups in total. The molecule has 1 aliphatic heterocycles. The minimum absolute atomic E-state index is 0.0709. The summed E-state index contributed by atoms with van der Waals surface area (Å²) in [5, 5.41) is 13.2. The molecule has 122 valence electrons. The average Bonchev–Trinajstić information content (AvgIpc) is 2.48. The molecule has 1 aliphatic rings. The quantitative estimate of drug-likeness (QED) is 0.876. The molecule has 1 aromatic carbocycles. The molecule has 0 radical (unpaired) electrons. The normalized spacial score (nSPS) is 18.4. The lowest BCUT2D eigenvalue weighted by Gasteiger charge is -2.32. The SMILES string of the molecule is CC(C)NC(=O)C1CCN(CC(O)c2ccc(F)cc2)CC1. The number of nitrogens with one attached hydrogen (secondary N) is 1. The Balaban J connectivity index is 1.79. The van der Waals surface area contributed by atoms with Gasteiger partial charge in [-0.1, -0.05) is 12.1 Å². The summed E-state index contributed by atoms with van der Waals surface area (Å²) < 4.78 is 12.9. The van der Waals surface area contributed by atoms with Gasteiger partial charge in [0.1, 0.15) is 5.82 Å². The molecule has 22 heavy (non-hydrogen) atoms. The van der Waals surface area contributed by atoms with E-state index in [-0.39, 0.29) is 23.7 Å². The van der Waals surface area contributed by atoms with Crippen LogP contribution in [0.25, 0.3) is 0 Å². The van der Waals surface area contributed by atoms with Gasteiger partial charge < -0.3 is 15.3 Å². The number of rotatable bonds is 5. The number of aliphatic hydroxyl groups is 1. The number of likely N-dealkylation sites (tertiary alicyclic amines) is 1. The summed E-state index contributed by atoms with van der Waals surface area (Å²) >= 11 is 0. The number of halogens is 1. The molecule has 0 bridgehead atoms. The van der Waals surface area contributed by atoms with Crippen molar-refractivity contribution >= 4 is 5.91 Å². The lowest BCUT2D eigenvalue weighted by atomic mass is 9.95. The molecule has 1 aromatic rings. The molecule has 0 spiro atoms. The molecular formula is C17H25FN2O2. The van der Waals surface area contributed by atoms with E-state index in [1.54, 1.807) is 12.1 Å². The second-order valence-corrected chi connectivity index (χ2v) is 6.31. The number of carbonyl (C=O) groups is 1. The van der Waals surface area contributed by atoms with Crippen LogP contribution in [0, 0.1) is 11.7 Å². The Morgan fingerprint density at radius 1 is 1.32 bits per heavy atom. The number of amides is 1. The molecule has 2 rings (SSSR count). The van der Waals surface area contributed by atoms with E-state index in [0.29, 0.717) is 6.54 Å². The third-order valence-electron chi connectivity index (χ3n) is 4.08. The Bertz CT molecular complexity index is 482. The van der Waals surface area contributed by atoms with Crippen LogP contribution >= 0.6 is 0 Å². The van der Waals surface area contributed by atoms with E-state index in [1.807, 2.05) is 13.8 Å². The van der Waals surface area contributed by atoms with Gasteiger partial charge in [-0.05, 0) is 57.5 Å². The fraction of sp³-hybridized carbons (Fsp3) is 0.588. The van der Waals surface area contributed by atoms with Crippen LogP contribution in [0.2, 0.25) is 0 Å². The van der Waals surface area contributed by atoms with Gasteiger partial charge in [0.15, 0.2) is 0 Å². The highest BCUT2D eigenvalue weighted by Gasteiger charge is 2.26. The van der Waals surface area contributed by atoms with E-state index in [4.69, 9.17) is 0 Å². The largest absolute Gasteiger partial charge is 0.387 e. The van der Waals surface area contributed by atoms with Crippen molar-refractivity contribution in [3.8, 4) is 0 Å². The zero-order valence-corrected chi connectivity index (χ0v) is 13.3. The molecule has 1 heterocycles. The third kappa shape index (κ3) is 4.78. The molecule has 4 nitrogen and oxygen atoms in total. The molecule has 1 saturated heterocycles. The van der Waals surface area contributed by atoms with E-state index >= 15 is 0 Å². The zero-order valence-electron chi connectivity index (χ0n) is 13.3. The van der Waals surface area contributed by atoms with Crippen molar-refractivity contribution in [2.24, 2.45) is 5.92 Å². The summed E-state index contributed by atoms with van der Waals surface area (Å²) in [6.45, 7) is 6.05. The number of carbonyl (C=O) groups excluding carboxylic acids is 1. The fourth-order valence-electron chi connectivity index (χ4n) is 2.82. The van der Waals surface area contributed by atoms with E-state index in [0.717, 1.165) is 31.5 Å². The highest BCUT2D eigenvalue weighted by atomic mass is 19.1. The van der Waals surface area contributed by atoms with Gasteiger partial charge in [0.05, 0.1) is 6.10 Å². The summed E-state index contributed by atoms with van der Waals surface area (Å²) in [5.74, 6) is -0.0942. The summed E-state index contributed by atoms with van der Waals surface area (Å²) in [4.78, 5) is 14.1. The van der Waals surface area contributed by atoms with Crippen molar-refractivity contribution in [2.45, 2.75) is 38.8 Å². The Hall–Kier alpha value is -1.46. The lowest BCUT2D eigenvalue weighted by molar-refractivity contribution is -0.127. The van der Waals surface area contributed by atoms with Crippen LogP contribution in [-0.4, -0.2) is 41.6 Å². The van der Waals surface area contributed by atoms with Crippen LogP contribution in [0.15, 0.2) is 24.3 Å². The van der Waals surface area contributed by atoms with Gasteiger partial charge >= 0.3 is 0 Å². The van der Waals surface area contributed by atoms with Gasteiger partial charge in [-0.25, -0.2) is 4.39 Å². The number of aliphatic hydroxyl groups excluding tert-OH is 1. The second kappa shape index (κ2) is 7.70. The fourth-order valence-corrected chi connectivity index (χ4v) is 2.82. The maximum absolute atomic E-state index is 12.9. The van der Waals surface area contributed by atoms with Crippen LogP contribution in [0.3, 0.4) is 0 Å². The number of benzene rings is 1. The van der Waals surface area contributed by atoms with Crippen LogP contribution in [-0.2, 0) is 4.79 Å². The van der Waals surface area contributed by atoms with Crippen LogP contribution in [0.4, 0.5) is 4.39 Å². The first-order valence-electron chi connectivity index (χ1n) is 7.92. The molecule has 5 heteroatoms. The Labute approximate surface area is 131 Å². The molecule has 1 unspecified atom stereocenters. The van der Waals surface area contributed by atoms with E-state index in [2.05, 4.69) is 10.2 Å². The Morgan fingerprint density at radius 2 is 1.91 bits per heavy atom. The van der Waals surface area contributed by atoms with Crippen molar-refractivity contribution in [1.82, 2.24) is 10.2 Å². The van der Waals surface area contributed by atoms with E-state index in [1.165, 1.54) is 12.1 Å². The summed E-state index contributed by atoms with van der Waals surface area (Å²) in [6, 6.07) is 6.12. The highest BCUT2D eigenvalue weighted by Crippen LogP contribution is 2.21.